The summed E-state index contributed by atoms with van der Waals surface area (Å²) in [5.74, 6) is -0.993. The largest absolute Gasteiger partial charge is 0.454 e. The second-order valence-corrected chi connectivity index (χ2v) is 15.5. The maximum Gasteiger partial charge on any atom is 0.343 e. The van der Waals surface area contributed by atoms with E-state index in [-0.39, 0.29) is 38.9 Å². The standard InChI is InChI=1S/2C19H28NO3.2CH4/c2*1-20(2)13-12-17(14-20)23-18(21)19(22,16-10-6-7-11-16)15-8-4-3-5-9-15;;/h2*3-5,8-9,16-17,22H,6-7,10-14H2,1-2H3;2*1H4/q2*+1;;/t17-,19+;17-,19-;;/m01../s1. The van der Waals surface area contributed by atoms with E-state index in [9.17, 15) is 19.8 Å². The Balaban J connectivity index is 0.000000250. The molecule has 2 aromatic rings. The van der Waals surface area contributed by atoms with Crippen LogP contribution < -0.4 is 0 Å². The van der Waals surface area contributed by atoms with Crippen LogP contribution in [-0.4, -0.2) is 97.7 Å². The molecule has 2 N–H and O–H groups in total. The van der Waals surface area contributed by atoms with Gasteiger partial charge in [0.15, 0.2) is 23.4 Å². The first kappa shape index (κ1) is 39.7. The Kier molecular flexibility index (Phi) is 13.5. The lowest BCUT2D eigenvalue weighted by atomic mass is 9.80. The van der Waals surface area contributed by atoms with Crippen molar-refractivity contribution in [3.05, 3.63) is 71.8 Å². The molecule has 4 aliphatic rings. The number of aliphatic hydroxyl groups is 2. The predicted octanol–water partition coefficient (Wildman–Crippen LogP) is 6.18. The van der Waals surface area contributed by atoms with Crippen molar-refractivity contribution in [3.8, 4) is 0 Å². The van der Waals surface area contributed by atoms with Crippen LogP contribution >= 0.6 is 0 Å². The predicted molar refractivity (Wildman–Crippen MR) is 191 cm³/mol. The van der Waals surface area contributed by atoms with Crippen molar-refractivity contribution < 1.29 is 38.2 Å². The van der Waals surface area contributed by atoms with Crippen molar-refractivity contribution in [1.29, 1.82) is 0 Å². The molecule has 8 heteroatoms. The van der Waals surface area contributed by atoms with Crippen LogP contribution in [0.25, 0.3) is 0 Å². The van der Waals surface area contributed by atoms with E-state index < -0.39 is 23.1 Å². The van der Waals surface area contributed by atoms with E-state index in [4.69, 9.17) is 9.47 Å². The van der Waals surface area contributed by atoms with Crippen LogP contribution in [-0.2, 0) is 30.3 Å². The Hall–Kier alpha value is -2.78. The van der Waals surface area contributed by atoms with Crippen LogP contribution in [0, 0.1) is 11.8 Å². The number of quaternary nitrogens is 2. The van der Waals surface area contributed by atoms with E-state index in [1.54, 1.807) is 0 Å². The lowest BCUT2D eigenvalue weighted by Gasteiger charge is -2.33. The highest BCUT2D eigenvalue weighted by Gasteiger charge is 2.50. The summed E-state index contributed by atoms with van der Waals surface area (Å²) in [6.07, 6.45) is 9.37. The molecule has 2 aromatic carbocycles. The Morgan fingerprint density at radius 2 is 0.896 bits per heavy atom. The summed E-state index contributed by atoms with van der Waals surface area (Å²) in [5, 5.41) is 22.7. The minimum absolute atomic E-state index is 0. The molecule has 8 nitrogen and oxygen atoms in total. The fraction of sp³-hybridized carbons (Fsp3) is 0.650. The third kappa shape index (κ3) is 8.87. The van der Waals surface area contributed by atoms with Gasteiger partial charge in [-0.2, -0.15) is 0 Å². The third-order valence-electron chi connectivity index (χ3n) is 11.0. The molecule has 0 amide bonds. The maximum absolute atomic E-state index is 12.9. The van der Waals surface area contributed by atoms with Crippen LogP contribution in [0.5, 0.6) is 0 Å². The molecule has 0 unspecified atom stereocenters. The molecule has 2 aliphatic carbocycles. The zero-order valence-electron chi connectivity index (χ0n) is 28.4. The lowest BCUT2D eigenvalue weighted by Crippen LogP contribution is -2.46. The molecule has 2 aliphatic heterocycles. The Bertz CT molecular complexity index is 1200. The molecule has 2 saturated carbocycles. The van der Waals surface area contributed by atoms with Gasteiger partial charge in [0.2, 0.25) is 0 Å². The molecule has 2 saturated heterocycles. The van der Waals surface area contributed by atoms with E-state index in [0.717, 1.165) is 99.4 Å². The number of likely N-dealkylation sites (N-methyl/N-ethyl adjacent to an activating group) is 2. The molecule has 6 rings (SSSR count). The second-order valence-electron chi connectivity index (χ2n) is 15.5. The van der Waals surface area contributed by atoms with Crippen molar-refractivity contribution in [2.45, 2.75) is 102 Å². The number of rotatable bonds is 8. The summed E-state index contributed by atoms with van der Waals surface area (Å²) in [6.45, 7) is 3.65. The smallest absolute Gasteiger partial charge is 0.343 e. The van der Waals surface area contributed by atoms with E-state index >= 15 is 0 Å². The molecular weight excluding hydrogens is 604 g/mol. The first-order valence-corrected chi connectivity index (χ1v) is 17.5. The molecular formula is C40H64N2O6+2. The van der Waals surface area contributed by atoms with E-state index in [0.29, 0.717) is 11.1 Å². The van der Waals surface area contributed by atoms with Gasteiger partial charge in [0.1, 0.15) is 13.1 Å². The average Bonchev–Trinajstić information content (AvgIpc) is 3.87. The minimum Gasteiger partial charge on any atom is -0.454 e. The van der Waals surface area contributed by atoms with E-state index in [2.05, 4.69) is 28.2 Å². The molecule has 0 spiro atoms. The van der Waals surface area contributed by atoms with Crippen LogP contribution in [0.1, 0.15) is 90.2 Å². The number of ether oxygens (including phenoxy) is 2. The molecule has 0 radical (unpaired) electrons. The molecule has 4 atom stereocenters. The zero-order chi connectivity index (χ0) is 33.0. The molecule has 268 valence electrons. The Morgan fingerprint density at radius 1 is 0.583 bits per heavy atom. The average molecular weight is 669 g/mol. The van der Waals surface area contributed by atoms with Crippen LogP contribution in [0.3, 0.4) is 0 Å². The van der Waals surface area contributed by atoms with Gasteiger partial charge < -0.3 is 28.7 Å². The minimum atomic E-state index is -1.50. The van der Waals surface area contributed by atoms with Crippen LogP contribution in [0.15, 0.2) is 60.7 Å². The number of nitrogens with zero attached hydrogens (tertiary/aromatic N) is 2. The van der Waals surface area contributed by atoms with Crippen LogP contribution in [0.2, 0.25) is 0 Å². The quantitative estimate of drug-likeness (QED) is 0.258. The van der Waals surface area contributed by atoms with Crippen LogP contribution in [0.4, 0.5) is 0 Å². The van der Waals surface area contributed by atoms with Crippen molar-refractivity contribution in [3.63, 3.8) is 0 Å². The highest BCUT2D eigenvalue weighted by atomic mass is 16.6. The number of likely N-dealkylation sites (tertiary alicyclic amines) is 2. The third-order valence-corrected chi connectivity index (χ3v) is 11.0. The number of carbonyl (C=O) groups is 2. The summed E-state index contributed by atoms with van der Waals surface area (Å²) < 4.78 is 13.3. The summed E-state index contributed by atoms with van der Waals surface area (Å²) in [5.41, 5.74) is -1.66. The van der Waals surface area contributed by atoms with Gasteiger partial charge in [0.05, 0.1) is 41.3 Å². The first-order valence-electron chi connectivity index (χ1n) is 17.5. The SMILES string of the molecule is C.C.C[N+]1(C)CC[C@@H](OC(=O)[C@@](O)(c2ccccc2)C2CCCC2)C1.C[N+]1(C)CC[C@H](OC(=O)[C@@](O)(c2ccccc2)C2CCCC2)C1. The molecule has 48 heavy (non-hydrogen) atoms. The van der Waals surface area contributed by atoms with Gasteiger partial charge in [-0.3, -0.25) is 0 Å². The van der Waals surface area contributed by atoms with Gasteiger partial charge in [-0.15, -0.1) is 0 Å². The zero-order valence-corrected chi connectivity index (χ0v) is 28.4. The first-order chi connectivity index (χ1) is 21.8. The van der Waals surface area contributed by atoms with Gasteiger partial charge in [-0.1, -0.05) is 101 Å². The normalized spacial score (nSPS) is 25.7. The summed E-state index contributed by atoms with van der Waals surface area (Å²) >= 11 is 0. The van der Waals surface area contributed by atoms with Crippen molar-refractivity contribution in [1.82, 2.24) is 0 Å². The fourth-order valence-corrected chi connectivity index (χ4v) is 8.24. The van der Waals surface area contributed by atoms with Crippen molar-refractivity contribution >= 4 is 11.9 Å². The van der Waals surface area contributed by atoms with Gasteiger partial charge in [-0.25, -0.2) is 9.59 Å². The van der Waals surface area contributed by atoms with Gasteiger partial charge in [-0.05, 0) is 36.8 Å². The fourth-order valence-electron chi connectivity index (χ4n) is 8.24. The molecule has 0 bridgehead atoms. The summed E-state index contributed by atoms with van der Waals surface area (Å²) in [4.78, 5) is 25.9. The van der Waals surface area contributed by atoms with Crippen molar-refractivity contribution in [2.75, 3.05) is 54.4 Å². The number of benzene rings is 2. The number of hydrogen-bond acceptors (Lipinski definition) is 6. The van der Waals surface area contributed by atoms with Crippen molar-refractivity contribution in [2.24, 2.45) is 11.8 Å². The summed E-state index contributed by atoms with van der Waals surface area (Å²) in [7, 11) is 8.59. The Labute approximate surface area is 290 Å². The number of hydrogen-bond donors (Lipinski definition) is 2. The molecule has 0 aromatic heterocycles. The second kappa shape index (κ2) is 16.3. The summed E-state index contributed by atoms with van der Waals surface area (Å²) in [6, 6.07) is 18.7. The van der Waals surface area contributed by atoms with Gasteiger partial charge >= 0.3 is 11.9 Å². The van der Waals surface area contributed by atoms with E-state index in [1.807, 2.05) is 60.7 Å². The van der Waals surface area contributed by atoms with E-state index in [1.165, 1.54) is 0 Å². The monoisotopic (exact) mass is 668 g/mol. The topological polar surface area (TPSA) is 93.1 Å². The maximum atomic E-state index is 12.9. The number of esters is 2. The highest BCUT2D eigenvalue weighted by Crippen LogP contribution is 2.43. The highest BCUT2D eigenvalue weighted by molar-refractivity contribution is 5.82. The van der Waals surface area contributed by atoms with Gasteiger partial charge in [0.25, 0.3) is 0 Å². The molecule has 4 fully saturated rings. The van der Waals surface area contributed by atoms with Gasteiger partial charge in [0, 0.05) is 24.7 Å². The molecule has 2 heterocycles. The number of carbonyl (C=O) groups excluding carboxylic acids is 2. The lowest BCUT2D eigenvalue weighted by molar-refractivity contribution is -0.879. The Morgan fingerprint density at radius 3 is 1.17 bits per heavy atom.